The molecule has 8 heteroatoms. The smallest absolute Gasteiger partial charge is 0.267 e. The molecule has 1 aromatic heterocycles. The molecule has 1 aromatic carbocycles. The van der Waals surface area contributed by atoms with Crippen LogP contribution in [0.15, 0.2) is 51.6 Å². The molecule has 2 aromatic rings. The van der Waals surface area contributed by atoms with Gasteiger partial charge < -0.3 is 0 Å². The van der Waals surface area contributed by atoms with Gasteiger partial charge in [-0.15, -0.1) is 0 Å². The van der Waals surface area contributed by atoms with Crippen molar-refractivity contribution in [2.24, 2.45) is 10.2 Å². The largest absolute Gasteiger partial charge is 0.416 e. The van der Waals surface area contributed by atoms with Crippen molar-refractivity contribution < 1.29 is 13.2 Å². The maximum Gasteiger partial charge on any atom is 0.416 e. The van der Waals surface area contributed by atoms with Crippen molar-refractivity contribution in [3.05, 3.63) is 52.4 Å². The van der Waals surface area contributed by atoms with Crippen molar-refractivity contribution in [2.75, 3.05) is 0 Å². The van der Waals surface area contributed by atoms with Crippen molar-refractivity contribution in [3.63, 3.8) is 0 Å². The first-order valence-electron chi connectivity index (χ1n) is 6.45. The summed E-state index contributed by atoms with van der Waals surface area (Å²) in [5, 5.41) is 11.5. The predicted octanol–water partition coefficient (Wildman–Crippen LogP) is 3.74. The van der Waals surface area contributed by atoms with Crippen molar-refractivity contribution in [2.45, 2.75) is 26.1 Å². The number of benzene rings is 1. The molecular formula is C14H13F3N4O. The van der Waals surface area contributed by atoms with Crippen LogP contribution in [0.2, 0.25) is 0 Å². The Bertz CT molecular complexity index is 750. The predicted molar refractivity (Wildman–Crippen MR) is 74.5 cm³/mol. The van der Waals surface area contributed by atoms with Crippen LogP contribution in [0, 0.1) is 0 Å². The van der Waals surface area contributed by atoms with Crippen LogP contribution < -0.4 is 5.56 Å². The molecule has 116 valence electrons. The monoisotopic (exact) mass is 310 g/mol. The zero-order chi connectivity index (χ0) is 16.3. The second kappa shape index (κ2) is 6.08. The normalized spacial score (nSPS) is 12.3. The van der Waals surface area contributed by atoms with Crippen LogP contribution in [0.1, 0.15) is 19.4 Å². The number of rotatable bonds is 3. The zero-order valence-electron chi connectivity index (χ0n) is 11.9. The van der Waals surface area contributed by atoms with E-state index in [1.54, 1.807) is 0 Å². The molecule has 22 heavy (non-hydrogen) atoms. The summed E-state index contributed by atoms with van der Waals surface area (Å²) in [6.07, 6.45) is -3.21. The number of alkyl halides is 3. The molecule has 0 saturated carbocycles. The Morgan fingerprint density at radius 1 is 1.23 bits per heavy atom. The lowest BCUT2D eigenvalue weighted by Crippen LogP contribution is -2.20. The Kier molecular flexibility index (Phi) is 4.39. The molecule has 5 nitrogen and oxygen atoms in total. The maximum absolute atomic E-state index is 12.7. The molecule has 0 amide bonds. The number of nitrogens with zero attached hydrogens (tertiary/aromatic N) is 4. The van der Waals surface area contributed by atoms with Crippen LogP contribution in [0.25, 0.3) is 5.69 Å². The summed E-state index contributed by atoms with van der Waals surface area (Å²) in [6.45, 7) is 3.64. The van der Waals surface area contributed by atoms with Crippen molar-refractivity contribution in [1.82, 2.24) is 9.78 Å². The lowest BCUT2D eigenvalue weighted by Gasteiger charge is -2.09. The molecule has 0 radical (unpaired) electrons. The third kappa shape index (κ3) is 3.78. The second-order valence-corrected chi connectivity index (χ2v) is 4.82. The van der Waals surface area contributed by atoms with E-state index in [0.29, 0.717) is 0 Å². The molecule has 2 rings (SSSR count). The van der Waals surface area contributed by atoms with Crippen LogP contribution in [-0.4, -0.2) is 15.8 Å². The number of halogens is 3. The highest BCUT2D eigenvalue weighted by Crippen LogP contribution is 2.29. The van der Waals surface area contributed by atoms with Crippen LogP contribution in [0.4, 0.5) is 18.9 Å². The van der Waals surface area contributed by atoms with Gasteiger partial charge >= 0.3 is 6.18 Å². The van der Waals surface area contributed by atoms with Crippen molar-refractivity contribution >= 4 is 5.69 Å². The minimum absolute atomic E-state index is 0.0344. The first-order chi connectivity index (χ1) is 10.3. The molecule has 0 aliphatic carbocycles. The van der Waals surface area contributed by atoms with Gasteiger partial charge in [0.25, 0.3) is 5.56 Å². The molecule has 0 aliphatic heterocycles. The van der Waals surface area contributed by atoms with Crippen LogP contribution in [0.3, 0.4) is 0 Å². The SMILES string of the molecule is CC(C)N=Nc1cnn(-c2cccc(C(F)(F)F)c2)c(=O)c1. The van der Waals surface area contributed by atoms with Gasteiger partial charge in [0.1, 0.15) is 5.69 Å². The highest BCUT2D eigenvalue weighted by Gasteiger charge is 2.30. The van der Waals surface area contributed by atoms with E-state index in [1.807, 2.05) is 13.8 Å². The highest BCUT2D eigenvalue weighted by atomic mass is 19.4. The van der Waals surface area contributed by atoms with Gasteiger partial charge in [-0.1, -0.05) is 6.07 Å². The topological polar surface area (TPSA) is 59.6 Å². The molecule has 0 atom stereocenters. The van der Waals surface area contributed by atoms with Gasteiger partial charge in [-0.2, -0.15) is 33.2 Å². The molecular weight excluding hydrogens is 297 g/mol. The number of azo groups is 1. The summed E-state index contributed by atoms with van der Waals surface area (Å²) in [5.74, 6) is 0. The number of hydrogen-bond donors (Lipinski definition) is 0. The van der Waals surface area contributed by atoms with E-state index in [9.17, 15) is 18.0 Å². The van der Waals surface area contributed by atoms with E-state index >= 15 is 0 Å². The molecule has 0 saturated heterocycles. The quantitative estimate of drug-likeness (QED) is 0.811. The molecule has 0 fully saturated rings. The molecule has 0 bridgehead atoms. The minimum Gasteiger partial charge on any atom is -0.267 e. The third-order valence-electron chi connectivity index (χ3n) is 2.61. The summed E-state index contributed by atoms with van der Waals surface area (Å²) in [5.41, 5.74) is -1.14. The van der Waals surface area contributed by atoms with Crippen LogP contribution >= 0.6 is 0 Å². The van der Waals surface area contributed by atoms with Gasteiger partial charge in [0, 0.05) is 6.07 Å². The second-order valence-electron chi connectivity index (χ2n) is 4.82. The number of hydrogen-bond acceptors (Lipinski definition) is 4. The van der Waals surface area contributed by atoms with Gasteiger partial charge in [-0.25, -0.2) is 0 Å². The van der Waals surface area contributed by atoms with E-state index in [2.05, 4.69) is 15.3 Å². The van der Waals surface area contributed by atoms with Gasteiger partial charge in [0.15, 0.2) is 0 Å². The Hall–Kier alpha value is -2.51. The van der Waals surface area contributed by atoms with Crippen molar-refractivity contribution in [3.8, 4) is 5.69 Å². The first kappa shape index (κ1) is 15.9. The molecule has 0 spiro atoms. The summed E-state index contributed by atoms with van der Waals surface area (Å²) in [7, 11) is 0. The van der Waals surface area contributed by atoms with Crippen LogP contribution in [-0.2, 0) is 6.18 Å². The fourth-order valence-electron chi connectivity index (χ4n) is 1.64. The summed E-state index contributed by atoms with van der Waals surface area (Å²) < 4.78 is 38.9. The van der Waals surface area contributed by atoms with E-state index in [4.69, 9.17) is 0 Å². The lowest BCUT2D eigenvalue weighted by atomic mass is 10.2. The fraction of sp³-hybridized carbons (Fsp3) is 0.286. The fourth-order valence-corrected chi connectivity index (χ4v) is 1.64. The Balaban J connectivity index is 2.40. The van der Waals surface area contributed by atoms with Gasteiger partial charge in [0.2, 0.25) is 0 Å². The summed E-state index contributed by atoms with van der Waals surface area (Å²) >= 11 is 0. The lowest BCUT2D eigenvalue weighted by molar-refractivity contribution is -0.137. The number of aromatic nitrogens is 2. The van der Waals surface area contributed by atoms with Gasteiger partial charge in [0.05, 0.1) is 23.5 Å². The van der Waals surface area contributed by atoms with Gasteiger partial charge in [-0.3, -0.25) is 4.79 Å². The van der Waals surface area contributed by atoms with E-state index in [1.165, 1.54) is 24.4 Å². The average molecular weight is 310 g/mol. The Morgan fingerprint density at radius 3 is 2.55 bits per heavy atom. The summed E-state index contributed by atoms with van der Waals surface area (Å²) in [6, 6.07) is 5.52. The highest BCUT2D eigenvalue weighted by molar-refractivity contribution is 5.38. The van der Waals surface area contributed by atoms with E-state index in [0.717, 1.165) is 16.8 Å². The molecule has 0 aliphatic rings. The zero-order valence-corrected chi connectivity index (χ0v) is 11.9. The first-order valence-corrected chi connectivity index (χ1v) is 6.45. The standard InChI is InChI=1S/C14H13F3N4O/c1-9(2)19-20-11-7-13(22)21(18-8-11)12-5-3-4-10(6-12)14(15,16)17/h3-9H,1-2H3. The third-order valence-corrected chi connectivity index (χ3v) is 2.61. The van der Waals surface area contributed by atoms with Crippen LogP contribution in [0.5, 0.6) is 0 Å². The van der Waals surface area contributed by atoms with E-state index in [-0.39, 0.29) is 17.4 Å². The Labute approximate surface area is 124 Å². The molecule has 0 unspecified atom stereocenters. The maximum atomic E-state index is 12.7. The Morgan fingerprint density at radius 2 is 1.95 bits per heavy atom. The van der Waals surface area contributed by atoms with Crippen molar-refractivity contribution in [1.29, 1.82) is 0 Å². The molecule has 1 heterocycles. The summed E-state index contributed by atoms with van der Waals surface area (Å²) in [4.78, 5) is 12.0. The minimum atomic E-state index is -4.48. The molecule has 0 N–H and O–H groups in total. The average Bonchev–Trinajstić information content (AvgIpc) is 2.44. The van der Waals surface area contributed by atoms with Gasteiger partial charge in [-0.05, 0) is 32.0 Å². The van der Waals surface area contributed by atoms with E-state index < -0.39 is 17.3 Å².